The Labute approximate surface area is 126 Å². The zero-order valence-electron chi connectivity index (χ0n) is 12.9. The minimum atomic E-state index is -0.598. The molecule has 2 rings (SSSR count). The molecule has 114 valence electrons. The molecular weight excluding hydrogens is 266 g/mol. The quantitative estimate of drug-likeness (QED) is 0.631. The van der Waals surface area contributed by atoms with E-state index in [4.69, 9.17) is 4.74 Å². The lowest BCUT2D eigenvalue weighted by atomic mass is 9.88. The summed E-state index contributed by atoms with van der Waals surface area (Å²) in [6, 6.07) is 10.5. The Morgan fingerprint density at radius 3 is 2.67 bits per heavy atom. The first kappa shape index (κ1) is 15.7. The fourth-order valence-electron chi connectivity index (χ4n) is 2.97. The Hall–Kier alpha value is -1.68. The van der Waals surface area contributed by atoms with Crippen LogP contribution in [0.2, 0.25) is 0 Å². The lowest BCUT2D eigenvalue weighted by molar-refractivity contribution is -0.155. The van der Waals surface area contributed by atoms with Crippen molar-refractivity contribution in [1.82, 2.24) is 4.90 Å². The molecule has 1 fully saturated rings. The predicted octanol–water partition coefficient (Wildman–Crippen LogP) is 2.59. The van der Waals surface area contributed by atoms with Crippen molar-refractivity contribution in [1.29, 1.82) is 0 Å². The second-order valence-electron chi connectivity index (χ2n) is 5.61. The van der Waals surface area contributed by atoms with Gasteiger partial charge in [-0.15, -0.1) is 0 Å². The van der Waals surface area contributed by atoms with E-state index in [2.05, 4.69) is 30.9 Å². The fourth-order valence-corrected chi connectivity index (χ4v) is 2.97. The topological polar surface area (TPSA) is 46.6 Å². The lowest BCUT2D eigenvalue weighted by Gasteiger charge is -2.39. The first-order chi connectivity index (χ1) is 10.0. The number of hydrogen-bond acceptors (Lipinski definition) is 4. The molecule has 1 aliphatic heterocycles. The molecule has 0 aliphatic carbocycles. The van der Waals surface area contributed by atoms with E-state index in [0.29, 0.717) is 19.6 Å². The average molecular weight is 289 g/mol. The third-order valence-corrected chi connectivity index (χ3v) is 4.22. The number of carbonyl (C=O) groups is 2. The number of esters is 1. The predicted molar refractivity (Wildman–Crippen MR) is 80.8 cm³/mol. The fraction of sp³-hybridized carbons (Fsp3) is 0.529. The number of piperidine rings is 1. The van der Waals surface area contributed by atoms with Crippen LogP contribution < -0.4 is 0 Å². The van der Waals surface area contributed by atoms with Crippen molar-refractivity contribution in [3.63, 3.8) is 0 Å². The smallest absolute Gasteiger partial charge is 0.316 e. The number of Topliss-reactive ketones (excluding diaryl/α,β-unsaturated/α-hetero) is 1. The van der Waals surface area contributed by atoms with E-state index in [1.807, 2.05) is 18.2 Å². The van der Waals surface area contributed by atoms with Crippen LogP contribution >= 0.6 is 0 Å². The number of likely N-dealkylation sites (tertiary alicyclic amines) is 1. The Morgan fingerprint density at radius 2 is 2.05 bits per heavy atom. The summed E-state index contributed by atoms with van der Waals surface area (Å²) in [5.74, 6) is -1.00. The summed E-state index contributed by atoms with van der Waals surface area (Å²) < 4.78 is 5.00. The summed E-state index contributed by atoms with van der Waals surface area (Å²) in [5.41, 5.74) is 1.19. The van der Waals surface area contributed by atoms with E-state index in [-0.39, 0.29) is 23.8 Å². The van der Waals surface area contributed by atoms with Gasteiger partial charge < -0.3 is 4.74 Å². The highest BCUT2D eigenvalue weighted by atomic mass is 16.5. The Balaban J connectivity index is 2.08. The van der Waals surface area contributed by atoms with Crippen LogP contribution in [0.1, 0.15) is 38.8 Å². The standard InChI is InChI=1S/C17H23NO3/c1-4-21-17(20)15-10-12(2)18(11-16(15)19)13(3)14-8-6-5-7-9-14/h5-9,12-13,15H,4,10-11H2,1-3H3. The van der Waals surface area contributed by atoms with E-state index in [9.17, 15) is 9.59 Å². The monoisotopic (exact) mass is 289 g/mol. The van der Waals surface area contributed by atoms with Gasteiger partial charge in [0.25, 0.3) is 0 Å². The molecule has 4 heteroatoms. The average Bonchev–Trinajstić information content (AvgIpc) is 2.49. The van der Waals surface area contributed by atoms with Crippen molar-refractivity contribution in [3.05, 3.63) is 35.9 Å². The van der Waals surface area contributed by atoms with Crippen molar-refractivity contribution in [2.75, 3.05) is 13.2 Å². The summed E-state index contributed by atoms with van der Waals surface area (Å²) in [6.07, 6.45) is 0.537. The van der Waals surface area contributed by atoms with Gasteiger partial charge in [-0.05, 0) is 32.8 Å². The zero-order chi connectivity index (χ0) is 15.4. The van der Waals surface area contributed by atoms with Gasteiger partial charge in [-0.1, -0.05) is 30.3 Å². The molecule has 1 aromatic carbocycles. The number of carbonyl (C=O) groups excluding carboxylic acids is 2. The van der Waals surface area contributed by atoms with Crippen molar-refractivity contribution in [2.45, 2.75) is 39.3 Å². The van der Waals surface area contributed by atoms with Gasteiger partial charge in [-0.2, -0.15) is 0 Å². The summed E-state index contributed by atoms with van der Waals surface area (Å²) in [5, 5.41) is 0. The van der Waals surface area contributed by atoms with Crippen molar-refractivity contribution >= 4 is 11.8 Å². The highest BCUT2D eigenvalue weighted by molar-refractivity contribution is 6.00. The van der Waals surface area contributed by atoms with Crippen LogP contribution in [0.5, 0.6) is 0 Å². The highest BCUT2D eigenvalue weighted by Crippen LogP contribution is 2.29. The molecule has 0 amide bonds. The molecule has 1 aromatic rings. The summed E-state index contributed by atoms with van der Waals surface area (Å²) in [4.78, 5) is 26.3. The third kappa shape index (κ3) is 3.50. The molecule has 0 radical (unpaired) electrons. The maximum absolute atomic E-state index is 12.3. The van der Waals surface area contributed by atoms with Crippen LogP contribution in [0, 0.1) is 5.92 Å². The van der Waals surface area contributed by atoms with Crippen LogP contribution in [0.3, 0.4) is 0 Å². The van der Waals surface area contributed by atoms with E-state index < -0.39 is 5.92 Å². The lowest BCUT2D eigenvalue weighted by Crippen LogP contribution is -2.49. The number of nitrogens with zero attached hydrogens (tertiary/aromatic N) is 1. The van der Waals surface area contributed by atoms with Gasteiger partial charge in [0.15, 0.2) is 5.78 Å². The van der Waals surface area contributed by atoms with Crippen molar-refractivity contribution in [2.24, 2.45) is 5.92 Å². The molecule has 1 saturated heterocycles. The molecule has 21 heavy (non-hydrogen) atoms. The molecule has 4 nitrogen and oxygen atoms in total. The first-order valence-electron chi connectivity index (χ1n) is 7.54. The van der Waals surface area contributed by atoms with E-state index in [1.54, 1.807) is 6.92 Å². The van der Waals surface area contributed by atoms with Gasteiger partial charge in [-0.25, -0.2) is 0 Å². The van der Waals surface area contributed by atoms with Gasteiger partial charge in [0.1, 0.15) is 5.92 Å². The zero-order valence-corrected chi connectivity index (χ0v) is 12.9. The van der Waals surface area contributed by atoms with Gasteiger partial charge in [-0.3, -0.25) is 14.5 Å². The molecule has 0 aromatic heterocycles. The maximum atomic E-state index is 12.3. The number of rotatable bonds is 4. The number of hydrogen-bond donors (Lipinski definition) is 0. The molecular formula is C17H23NO3. The maximum Gasteiger partial charge on any atom is 0.316 e. The van der Waals surface area contributed by atoms with Crippen LogP contribution in [0.4, 0.5) is 0 Å². The van der Waals surface area contributed by atoms with Crippen LogP contribution in [-0.4, -0.2) is 35.8 Å². The summed E-state index contributed by atoms with van der Waals surface area (Å²) in [7, 11) is 0. The highest BCUT2D eigenvalue weighted by Gasteiger charge is 2.39. The summed E-state index contributed by atoms with van der Waals surface area (Å²) in [6.45, 7) is 6.56. The van der Waals surface area contributed by atoms with Gasteiger partial charge in [0, 0.05) is 12.1 Å². The SMILES string of the molecule is CCOC(=O)C1CC(C)N(C(C)c2ccccc2)CC1=O. The molecule has 3 atom stereocenters. The normalized spacial score (nSPS) is 24.6. The van der Waals surface area contributed by atoms with E-state index in [1.165, 1.54) is 5.56 Å². The molecule has 0 bridgehead atoms. The second-order valence-corrected chi connectivity index (χ2v) is 5.61. The second kappa shape index (κ2) is 6.85. The molecule has 0 N–H and O–H groups in total. The van der Waals surface area contributed by atoms with Crippen molar-refractivity contribution < 1.29 is 14.3 Å². The van der Waals surface area contributed by atoms with Crippen molar-refractivity contribution in [3.8, 4) is 0 Å². The van der Waals surface area contributed by atoms with Gasteiger partial charge >= 0.3 is 5.97 Å². The molecule has 1 heterocycles. The van der Waals surface area contributed by atoms with Gasteiger partial charge in [0.05, 0.1) is 13.2 Å². The number of benzene rings is 1. The van der Waals surface area contributed by atoms with E-state index in [0.717, 1.165) is 0 Å². The number of ether oxygens (including phenoxy) is 1. The molecule has 1 aliphatic rings. The molecule has 0 spiro atoms. The Kier molecular flexibility index (Phi) is 5.12. The minimum absolute atomic E-state index is 0.0330. The molecule has 0 saturated carbocycles. The Bertz CT molecular complexity index is 500. The number of ketones is 1. The minimum Gasteiger partial charge on any atom is -0.465 e. The van der Waals surface area contributed by atoms with Crippen LogP contribution in [-0.2, 0) is 14.3 Å². The Morgan fingerprint density at radius 1 is 1.38 bits per heavy atom. The van der Waals surface area contributed by atoms with Gasteiger partial charge in [0.2, 0.25) is 0 Å². The molecule has 3 unspecified atom stereocenters. The third-order valence-electron chi connectivity index (χ3n) is 4.22. The van der Waals surface area contributed by atoms with Crippen LogP contribution in [0.15, 0.2) is 30.3 Å². The summed E-state index contributed by atoms with van der Waals surface area (Å²) >= 11 is 0. The van der Waals surface area contributed by atoms with Crippen LogP contribution in [0.25, 0.3) is 0 Å². The largest absolute Gasteiger partial charge is 0.465 e. The first-order valence-corrected chi connectivity index (χ1v) is 7.54. The van der Waals surface area contributed by atoms with E-state index >= 15 is 0 Å².